The number of hydrogen-bond donors (Lipinski definition) is 1. The quantitative estimate of drug-likeness (QED) is 0.357. The number of rotatable bonds is 5. The predicted molar refractivity (Wildman–Crippen MR) is 143 cm³/mol. The zero-order valence-electron chi connectivity index (χ0n) is 21.6. The minimum Gasteiger partial charge on any atom is -0.435 e. The van der Waals surface area contributed by atoms with E-state index in [9.17, 15) is 14.0 Å². The molecule has 10 heteroatoms. The lowest BCUT2D eigenvalue weighted by Gasteiger charge is -2.37. The highest BCUT2D eigenvalue weighted by atomic mass is 32.1. The Bertz CT molecular complexity index is 1550. The summed E-state index contributed by atoms with van der Waals surface area (Å²) in [5.74, 6) is -1.19. The van der Waals surface area contributed by atoms with Gasteiger partial charge in [-0.15, -0.1) is 10.2 Å². The molecule has 2 aromatic heterocycles. The van der Waals surface area contributed by atoms with E-state index < -0.39 is 17.2 Å². The van der Waals surface area contributed by atoms with Gasteiger partial charge in [0.1, 0.15) is 5.01 Å². The van der Waals surface area contributed by atoms with Crippen LogP contribution in [0.1, 0.15) is 46.3 Å². The fourth-order valence-corrected chi connectivity index (χ4v) is 5.18. The second kappa shape index (κ2) is 9.60. The number of benzene rings is 2. The van der Waals surface area contributed by atoms with Gasteiger partial charge in [0.25, 0.3) is 5.91 Å². The van der Waals surface area contributed by atoms with Crippen LogP contribution in [-0.4, -0.2) is 46.0 Å². The van der Waals surface area contributed by atoms with Gasteiger partial charge in [0.2, 0.25) is 16.9 Å². The number of nitrogens with zero attached hydrogens (tertiary/aromatic N) is 4. The Balaban J connectivity index is 1.55. The van der Waals surface area contributed by atoms with Gasteiger partial charge in [-0.05, 0) is 31.2 Å². The number of fused-ring (bicyclic) bond motifs is 2. The fraction of sp³-hybridized carbons (Fsp3) is 0.250. The topological polar surface area (TPSA) is 97.3 Å². The van der Waals surface area contributed by atoms with Crippen molar-refractivity contribution in [1.29, 1.82) is 0 Å². The summed E-state index contributed by atoms with van der Waals surface area (Å²) in [5.41, 5.74) is 2.12. The normalized spacial score (nSPS) is 14.2. The molecule has 1 N–H and O–H groups in total. The molecule has 194 valence electrons. The predicted octanol–water partition coefficient (Wildman–Crippen LogP) is 5.65. The molecular formula is C28H26FN5O3S. The van der Waals surface area contributed by atoms with Crippen molar-refractivity contribution in [2.45, 2.75) is 26.7 Å². The number of aromatic nitrogens is 3. The standard InChI is InChI=1S/C28H26FN5O3S/c1-15-32-33-27(38-15)31-26(36)28(2,3)22-18-7-6-8-20(29)23(18)37-24-19(22)13-14-21(30-24)16-9-11-17(12-10-16)25(35)34(4)5/h6-14,22H,1-5H3,(H,31,33,36). The van der Waals surface area contributed by atoms with E-state index in [2.05, 4.69) is 15.5 Å². The molecule has 0 fully saturated rings. The summed E-state index contributed by atoms with van der Waals surface area (Å²) in [5, 5.41) is 12.0. The summed E-state index contributed by atoms with van der Waals surface area (Å²) in [6.45, 7) is 5.42. The van der Waals surface area contributed by atoms with Crippen LogP contribution in [0.25, 0.3) is 11.3 Å². The molecule has 5 rings (SSSR count). The molecule has 0 spiro atoms. The van der Waals surface area contributed by atoms with Crippen LogP contribution in [-0.2, 0) is 4.79 Å². The summed E-state index contributed by atoms with van der Waals surface area (Å²) < 4.78 is 21.0. The van der Waals surface area contributed by atoms with Gasteiger partial charge in [0, 0.05) is 42.3 Å². The highest BCUT2D eigenvalue weighted by molar-refractivity contribution is 7.15. The maximum absolute atomic E-state index is 15.0. The minimum atomic E-state index is -1.03. The molecule has 8 nitrogen and oxygen atoms in total. The molecule has 1 aliphatic rings. The second-order valence-electron chi connectivity index (χ2n) is 9.86. The number of pyridine rings is 1. The molecule has 3 heterocycles. The van der Waals surface area contributed by atoms with E-state index in [0.29, 0.717) is 27.5 Å². The van der Waals surface area contributed by atoms with Crippen LogP contribution in [0.5, 0.6) is 11.6 Å². The number of ether oxygens (including phenoxy) is 1. The van der Waals surface area contributed by atoms with E-state index >= 15 is 0 Å². The Labute approximate surface area is 223 Å². The molecule has 0 aliphatic carbocycles. The molecule has 1 atom stereocenters. The molecule has 2 aromatic carbocycles. The van der Waals surface area contributed by atoms with Crippen molar-refractivity contribution < 1.29 is 18.7 Å². The molecular weight excluding hydrogens is 505 g/mol. The molecule has 1 aliphatic heterocycles. The number of aryl methyl sites for hydroxylation is 1. The van der Waals surface area contributed by atoms with E-state index in [0.717, 1.165) is 10.6 Å². The van der Waals surface area contributed by atoms with Gasteiger partial charge in [-0.25, -0.2) is 9.37 Å². The molecule has 0 radical (unpaired) electrons. The summed E-state index contributed by atoms with van der Waals surface area (Å²) in [4.78, 5) is 32.0. The van der Waals surface area contributed by atoms with E-state index in [-0.39, 0.29) is 23.4 Å². The van der Waals surface area contributed by atoms with Crippen LogP contribution in [0, 0.1) is 18.2 Å². The maximum Gasteiger partial charge on any atom is 0.253 e. The molecule has 0 saturated heterocycles. The Kier molecular flexibility index (Phi) is 6.44. The largest absolute Gasteiger partial charge is 0.435 e. The number of amides is 2. The number of carbonyl (C=O) groups is 2. The van der Waals surface area contributed by atoms with Crippen molar-refractivity contribution in [1.82, 2.24) is 20.1 Å². The van der Waals surface area contributed by atoms with Crippen LogP contribution in [0.4, 0.5) is 9.52 Å². The molecule has 0 bridgehead atoms. The third-order valence-corrected chi connectivity index (χ3v) is 7.35. The lowest BCUT2D eigenvalue weighted by Crippen LogP contribution is -2.38. The molecule has 38 heavy (non-hydrogen) atoms. The van der Waals surface area contributed by atoms with Crippen molar-refractivity contribution >= 4 is 28.3 Å². The summed E-state index contributed by atoms with van der Waals surface area (Å²) in [7, 11) is 3.39. The first-order chi connectivity index (χ1) is 18.1. The molecule has 4 aromatic rings. The van der Waals surface area contributed by atoms with Crippen LogP contribution in [0.3, 0.4) is 0 Å². The number of para-hydroxylation sites is 1. The van der Waals surface area contributed by atoms with E-state index in [4.69, 9.17) is 9.72 Å². The molecule has 1 unspecified atom stereocenters. The number of anilines is 1. The van der Waals surface area contributed by atoms with Crippen molar-refractivity contribution in [3.63, 3.8) is 0 Å². The van der Waals surface area contributed by atoms with E-state index in [1.54, 1.807) is 52.2 Å². The minimum absolute atomic E-state index is 0.0502. The van der Waals surface area contributed by atoms with Crippen molar-refractivity contribution in [3.8, 4) is 22.9 Å². The van der Waals surface area contributed by atoms with Gasteiger partial charge in [0.05, 0.1) is 11.1 Å². The van der Waals surface area contributed by atoms with Crippen molar-refractivity contribution in [2.75, 3.05) is 19.4 Å². The van der Waals surface area contributed by atoms with Crippen LogP contribution in [0.15, 0.2) is 54.6 Å². The van der Waals surface area contributed by atoms with E-state index in [1.165, 1.54) is 22.3 Å². The lowest BCUT2D eigenvalue weighted by atomic mass is 9.69. The zero-order valence-corrected chi connectivity index (χ0v) is 22.4. The van der Waals surface area contributed by atoms with Gasteiger partial charge in [-0.1, -0.05) is 55.5 Å². The Morgan fingerprint density at radius 3 is 2.42 bits per heavy atom. The van der Waals surface area contributed by atoms with Gasteiger partial charge < -0.3 is 15.0 Å². The van der Waals surface area contributed by atoms with Crippen molar-refractivity contribution in [3.05, 3.63) is 82.1 Å². The van der Waals surface area contributed by atoms with Crippen LogP contribution in [0.2, 0.25) is 0 Å². The highest BCUT2D eigenvalue weighted by Gasteiger charge is 2.45. The summed E-state index contributed by atoms with van der Waals surface area (Å²) in [6, 6.07) is 15.5. The maximum atomic E-state index is 15.0. The zero-order chi connectivity index (χ0) is 27.2. The van der Waals surface area contributed by atoms with Gasteiger partial charge in [-0.3, -0.25) is 9.59 Å². The molecule has 0 saturated carbocycles. The Morgan fingerprint density at radius 1 is 1.03 bits per heavy atom. The lowest BCUT2D eigenvalue weighted by molar-refractivity contribution is -0.124. The first-order valence-electron chi connectivity index (χ1n) is 12.0. The summed E-state index contributed by atoms with van der Waals surface area (Å²) >= 11 is 1.28. The average Bonchev–Trinajstić information content (AvgIpc) is 3.31. The van der Waals surface area contributed by atoms with Gasteiger partial charge in [0.15, 0.2) is 11.6 Å². The van der Waals surface area contributed by atoms with Crippen LogP contribution >= 0.6 is 11.3 Å². The molecule has 2 amide bonds. The number of nitrogens with one attached hydrogen (secondary N) is 1. The average molecular weight is 532 g/mol. The number of halogens is 1. The number of hydrogen-bond acceptors (Lipinski definition) is 7. The fourth-order valence-electron chi connectivity index (χ4n) is 4.59. The second-order valence-corrected chi connectivity index (χ2v) is 11.0. The number of carbonyl (C=O) groups excluding carboxylic acids is 2. The monoisotopic (exact) mass is 531 g/mol. The first-order valence-corrected chi connectivity index (χ1v) is 12.8. The Morgan fingerprint density at radius 2 is 1.76 bits per heavy atom. The first kappa shape index (κ1) is 25.5. The van der Waals surface area contributed by atoms with Gasteiger partial charge >= 0.3 is 0 Å². The highest BCUT2D eigenvalue weighted by Crippen LogP contribution is 2.52. The van der Waals surface area contributed by atoms with Crippen molar-refractivity contribution in [2.24, 2.45) is 5.41 Å². The van der Waals surface area contributed by atoms with E-state index in [1.807, 2.05) is 31.2 Å². The SMILES string of the molecule is Cc1nnc(NC(=O)C(C)(C)C2c3ccc(-c4ccc(C(=O)N(C)C)cc4)nc3Oc3c(F)cccc32)s1. The van der Waals surface area contributed by atoms with Crippen LogP contribution < -0.4 is 10.1 Å². The van der Waals surface area contributed by atoms with Gasteiger partial charge in [-0.2, -0.15) is 0 Å². The smallest absolute Gasteiger partial charge is 0.253 e. The Hall–Kier alpha value is -4.18. The summed E-state index contributed by atoms with van der Waals surface area (Å²) in [6.07, 6.45) is 0. The third-order valence-electron chi connectivity index (χ3n) is 6.60. The third kappa shape index (κ3) is 4.51.